The predicted molar refractivity (Wildman–Crippen MR) is 114 cm³/mol. The predicted octanol–water partition coefficient (Wildman–Crippen LogP) is 3.47. The summed E-state index contributed by atoms with van der Waals surface area (Å²) < 4.78 is 6.40. The molecule has 0 radical (unpaired) electrons. The van der Waals surface area contributed by atoms with Gasteiger partial charge >= 0.3 is 0 Å². The number of aliphatic imine (C=N–C) groups is 1. The van der Waals surface area contributed by atoms with Gasteiger partial charge in [-0.2, -0.15) is 10.0 Å². The standard InChI is InChI=1S/C19H15N5O2S2/c20-16-15(11-13-5-4-8-21-12-13)17(25)22-18-24(16)23-19(28-18)27-10-9-26-14-6-2-1-3-7-14/h1-8,11-12,20H,9-10H2/b15-11-,20-16?. The van der Waals surface area contributed by atoms with Crippen molar-refractivity contribution >= 4 is 50.9 Å². The Morgan fingerprint density at radius 3 is 2.86 bits per heavy atom. The number of benzene rings is 1. The van der Waals surface area contributed by atoms with Gasteiger partial charge in [-0.05, 0) is 41.6 Å². The number of hydrazone groups is 1. The number of aromatic nitrogens is 1. The minimum Gasteiger partial charge on any atom is -0.493 e. The van der Waals surface area contributed by atoms with E-state index in [-0.39, 0.29) is 11.4 Å². The molecule has 1 aromatic carbocycles. The summed E-state index contributed by atoms with van der Waals surface area (Å²) in [6.07, 6.45) is 4.89. The minimum absolute atomic E-state index is 0.0162. The molecule has 2 aliphatic rings. The Kier molecular flexibility index (Phi) is 5.54. The molecule has 0 aliphatic carbocycles. The highest BCUT2D eigenvalue weighted by molar-refractivity contribution is 8.45. The topological polar surface area (TPSA) is 91.0 Å². The van der Waals surface area contributed by atoms with Crippen LogP contribution >= 0.6 is 23.5 Å². The van der Waals surface area contributed by atoms with E-state index in [9.17, 15) is 4.79 Å². The van der Waals surface area contributed by atoms with Crippen molar-refractivity contribution in [2.75, 3.05) is 12.4 Å². The minimum atomic E-state index is -0.443. The molecular weight excluding hydrogens is 394 g/mol. The fourth-order valence-corrected chi connectivity index (χ4v) is 4.28. The summed E-state index contributed by atoms with van der Waals surface area (Å²) in [6, 6.07) is 13.2. The van der Waals surface area contributed by atoms with Crippen LogP contribution in [0.1, 0.15) is 5.56 Å². The van der Waals surface area contributed by atoms with Crippen LogP contribution in [0.3, 0.4) is 0 Å². The Balaban J connectivity index is 1.39. The summed E-state index contributed by atoms with van der Waals surface area (Å²) in [5.41, 5.74) is 0.928. The largest absolute Gasteiger partial charge is 0.493 e. The van der Waals surface area contributed by atoms with E-state index in [2.05, 4.69) is 15.1 Å². The molecule has 28 heavy (non-hydrogen) atoms. The van der Waals surface area contributed by atoms with Crippen LogP contribution in [0.4, 0.5) is 0 Å². The molecule has 0 fully saturated rings. The second-order valence-corrected chi connectivity index (χ2v) is 7.98. The number of amides is 1. The average Bonchev–Trinajstić information content (AvgIpc) is 3.13. The highest BCUT2D eigenvalue weighted by Gasteiger charge is 2.35. The van der Waals surface area contributed by atoms with Crippen LogP contribution in [0.15, 0.2) is 70.5 Å². The maximum atomic E-state index is 12.3. The second kappa shape index (κ2) is 8.41. The van der Waals surface area contributed by atoms with Gasteiger partial charge < -0.3 is 4.74 Å². The second-order valence-electron chi connectivity index (χ2n) is 5.68. The van der Waals surface area contributed by atoms with E-state index in [4.69, 9.17) is 10.1 Å². The quantitative estimate of drug-likeness (QED) is 0.601. The van der Waals surface area contributed by atoms with Gasteiger partial charge in [-0.25, -0.2) is 0 Å². The molecule has 4 rings (SSSR count). The number of fused-ring (bicyclic) bond motifs is 1. The third-order valence-corrected chi connectivity index (χ3v) is 5.76. The number of pyridine rings is 1. The van der Waals surface area contributed by atoms with Crippen molar-refractivity contribution < 1.29 is 9.53 Å². The van der Waals surface area contributed by atoms with Gasteiger partial charge in [-0.1, -0.05) is 36.0 Å². The molecule has 2 aliphatic heterocycles. The average molecular weight is 409 g/mol. The molecule has 0 atom stereocenters. The first-order valence-corrected chi connectivity index (χ1v) is 10.2. The highest BCUT2D eigenvalue weighted by atomic mass is 32.2. The molecule has 7 nitrogen and oxygen atoms in total. The summed E-state index contributed by atoms with van der Waals surface area (Å²) in [7, 11) is 0. The number of nitrogens with zero attached hydrogens (tertiary/aromatic N) is 4. The van der Waals surface area contributed by atoms with Crippen LogP contribution in [0.5, 0.6) is 5.75 Å². The zero-order chi connectivity index (χ0) is 19.3. The fourth-order valence-electron chi connectivity index (χ4n) is 2.47. The molecule has 0 unspecified atom stereocenters. The number of nitrogens with one attached hydrogen (secondary N) is 1. The maximum absolute atomic E-state index is 12.3. The summed E-state index contributed by atoms with van der Waals surface area (Å²) in [6.45, 7) is 0.531. The van der Waals surface area contributed by atoms with Crippen LogP contribution in [-0.4, -0.2) is 43.6 Å². The number of thioether (sulfide) groups is 2. The number of para-hydroxylation sites is 1. The zero-order valence-corrected chi connectivity index (χ0v) is 16.2. The number of rotatable bonds is 5. The van der Waals surface area contributed by atoms with E-state index in [1.54, 1.807) is 24.5 Å². The molecule has 0 saturated heterocycles. The molecular formula is C19H15N5O2S2. The van der Waals surface area contributed by atoms with Crippen molar-refractivity contribution in [1.82, 2.24) is 9.99 Å². The number of amidine groups is 2. The lowest BCUT2D eigenvalue weighted by molar-refractivity contribution is -0.114. The molecule has 1 amide bonds. The number of carbonyl (C=O) groups is 1. The SMILES string of the molecule is N=C1/C(=C/c2cccnc2)C(=O)N=C2SC(SCCOc3ccccc3)=NN12. The Morgan fingerprint density at radius 1 is 1.21 bits per heavy atom. The molecule has 1 aromatic heterocycles. The van der Waals surface area contributed by atoms with Crippen LogP contribution < -0.4 is 4.74 Å². The van der Waals surface area contributed by atoms with Crippen molar-refractivity contribution in [3.63, 3.8) is 0 Å². The van der Waals surface area contributed by atoms with Crippen molar-refractivity contribution in [2.24, 2.45) is 10.1 Å². The molecule has 9 heteroatoms. The van der Waals surface area contributed by atoms with E-state index in [0.717, 1.165) is 15.7 Å². The van der Waals surface area contributed by atoms with Crippen molar-refractivity contribution in [1.29, 1.82) is 5.41 Å². The van der Waals surface area contributed by atoms with Gasteiger partial charge in [0.2, 0.25) is 5.17 Å². The molecule has 0 bridgehead atoms. The van der Waals surface area contributed by atoms with E-state index >= 15 is 0 Å². The molecule has 0 saturated carbocycles. The van der Waals surface area contributed by atoms with Crippen molar-refractivity contribution in [2.45, 2.75) is 0 Å². The normalized spacial score (nSPS) is 17.4. The summed E-state index contributed by atoms with van der Waals surface area (Å²) in [4.78, 5) is 20.4. The van der Waals surface area contributed by atoms with E-state index in [0.29, 0.717) is 17.5 Å². The summed E-state index contributed by atoms with van der Waals surface area (Å²) in [5, 5.41) is 14.6. The van der Waals surface area contributed by atoms with Crippen molar-refractivity contribution in [3.8, 4) is 5.75 Å². The molecule has 140 valence electrons. The third-order valence-electron chi connectivity index (χ3n) is 3.75. The smallest absolute Gasteiger partial charge is 0.283 e. The lowest BCUT2D eigenvalue weighted by Crippen LogP contribution is -2.35. The van der Waals surface area contributed by atoms with Crippen LogP contribution in [0, 0.1) is 5.41 Å². The molecule has 2 aromatic rings. The number of carbonyl (C=O) groups excluding carboxylic acids is 1. The van der Waals surface area contributed by atoms with Crippen molar-refractivity contribution in [3.05, 3.63) is 66.0 Å². The van der Waals surface area contributed by atoms with E-state index in [1.807, 2.05) is 36.4 Å². The van der Waals surface area contributed by atoms with Gasteiger partial charge in [-0.15, -0.1) is 5.10 Å². The molecule has 3 heterocycles. The monoisotopic (exact) mass is 409 g/mol. The lowest BCUT2D eigenvalue weighted by Gasteiger charge is -2.20. The highest BCUT2D eigenvalue weighted by Crippen LogP contribution is 2.32. The van der Waals surface area contributed by atoms with Crippen LogP contribution in [-0.2, 0) is 4.79 Å². The Morgan fingerprint density at radius 2 is 2.07 bits per heavy atom. The van der Waals surface area contributed by atoms with E-state index < -0.39 is 5.91 Å². The number of hydrogen-bond acceptors (Lipinski definition) is 7. The molecule has 1 N–H and O–H groups in total. The van der Waals surface area contributed by atoms with Gasteiger partial charge in [0.15, 0.2) is 10.2 Å². The Bertz CT molecular complexity index is 990. The van der Waals surface area contributed by atoms with Gasteiger partial charge in [0.05, 0.1) is 12.2 Å². The summed E-state index contributed by atoms with van der Waals surface area (Å²) in [5.74, 6) is 1.09. The number of hydrogen-bond donors (Lipinski definition) is 1. The summed E-state index contributed by atoms with van der Waals surface area (Å²) >= 11 is 2.79. The first-order valence-electron chi connectivity index (χ1n) is 8.41. The Hall–Kier alpha value is -2.91. The maximum Gasteiger partial charge on any atom is 0.283 e. The van der Waals surface area contributed by atoms with Crippen LogP contribution in [0.2, 0.25) is 0 Å². The third kappa shape index (κ3) is 4.15. The van der Waals surface area contributed by atoms with E-state index in [1.165, 1.54) is 28.5 Å². The molecule has 0 spiro atoms. The first kappa shape index (κ1) is 18.5. The van der Waals surface area contributed by atoms with Gasteiger partial charge in [-0.3, -0.25) is 15.2 Å². The zero-order valence-electron chi connectivity index (χ0n) is 14.6. The fraction of sp³-hybridized carbons (Fsp3) is 0.105. The number of ether oxygens (including phenoxy) is 1. The van der Waals surface area contributed by atoms with Gasteiger partial charge in [0.1, 0.15) is 5.75 Å². The van der Waals surface area contributed by atoms with Gasteiger partial charge in [0.25, 0.3) is 5.91 Å². The lowest BCUT2D eigenvalue weighted by atomic mass is 10.1. The first-order chi connectivity index (χ1) is 13.7. The van der Waals surface area contributed by atoms with Crippen LogP contribution in [0.25, 0.3) is 6.08 Å². The Labute approximate surface area is 170 Å². The van der Waals surface area contributed by atoms with Gasteiger partial charge in [0, 0.05) is 18.1 Å².